The van der Waals surface area contributed by atoms with Gasteiger partial charge in [-0.3, -0.25) is 4.79 Å². The molecule has 0 spiro atoms. The molecule has 0 aromatic heterocycles. The predicted octanol–water partition coefficient (Wildman–Crippen LogP) is 5.23. The molecule has 0 heterocycles. The molecule has 0 radical (unpaired) electrons. The second-order valence-electron chi connectivity index (χ2n) is 7.90. The van der Waals surface area contributed by atoms with Crippen molar-refractivity contribution in [1.82, 2.24) is 5.32 Å². The molecule has 3 N–H and O–H groups in total. The molecule has 0 fully saturated rings. The fourth-order valence-corrected chi connectivity index (χ4v) is 3.82. The molecule has 4 aromatic rings. The molecule has 0 aliphatic rings. The number of nitrogens with zero attached hydrogens (tertiary/aromatic N) is 1. The highest BCUT2D eigenvalue weighted by Gasteiger charge is 2.21. The van der Waals surface area contributed by atoms with E-state index in [0.29, 0.717) is 29.0 Å². The van der Waals surface area contributed by atoms with Gasteiger partial charge in [-0.1, -0.05) is 36.4 Å². The van der Waals surface area contributed by atoms with Crippen molar-refractivity contribution in [3.63, 3.8) is 0 Å². The summed E-state index contributed by atoms with van der Waals surface area (Å²) in [5, 5.41) is 25.4. The zero-order chi connectivity index (χ0) is 26.4. The van der Waals surface area contributed by atoms with E-state index in [-0.39, 0.29) is 17.2 Å². The van der Waals surface area contributed by atoms with E-state index in [1.807, 2.05) is 6.07 Å². The van der Waals surface area contributed by atoms with Crippen LogP contribution in [-0.2, 0) is 11.3 Å². The first kappa shape index (κ1) is 24.8. The number of fused-ring (bicyclic) bond motifs is 1. The van der Waals surface area contributed by atoms with E-state index in [1.54, 1.807) is 66.7 Å². The summed E-state index contributed by atoms with van der Waals surface area (Å²) >= 11 is 0. The lowest BCUT2D eigenvalue weighted by molar-refractivity contribution is 0.0598. The number of ether oxygens (including phenoxy) is 2. The lowest BCUT2D eigenvalue weighted by Gasteiger charge is -2.15. The van der Waals surface area contributed by atoms with Crippen LogP contribution in [0.15, 0.2) is 78.9 Å². The smallest absolute Gasteiger partial charge is 0.465 e. The minimum Gasteiger partial charge on any atom is -0.465 e. The number of rotatable bonds is 7. The minimum absolute atomic E-state index is 0.0663. The van der Waals surface area contributed by atoms with Crippen LogP contribution < -0.4 is 15.4 Å². The number of esters is 1. The third kappa shape index (κ3) is 5.66. The largest absolute Gasteiger partial charge is 0.511 e. The number of hydrogen-bond donors (Lipinski definition) is 3. The summed E-state index contributed by atoms with van der Waals surface area (Å²) in [6, 6.07) is 24.2. The van der Waals surface area contributed by atoms with Gasteiger partial charge in [0.25, 0.3) is 5.91 Å². The van der Waals surface area contributed by atoms with Crippen molar-refractivity contribution in [2.45, 2.75) is 6.54 Å². The van der Waals surface area contributed by atoms with Gasteiger partial charge in [0.05, 0.1) is 24.4 Å². The molecule has 0 atom stereocenters. The molecular weight excluding hydrogens is 474 g/mol. The van der Waals surface area contributed by atoms with Gasteiger partial charge in [-0.25, -0.2) is 9.59 Å². The molecule has 4 aromatic carbocycles. The molecule has 0 unspecified atom stereocenters. The molecule has 37 heavy (non-hydrogen) atoms. The van der Waals surface area contributed by atoms with Crippen molar-refractivity contribution in [1.29, 1.82) is 5.26 Å². The number of methoxy groups -OCH3 is 1. The molecule has 9 heteroatoms. The highest BCUT2D eigenvalue weighted by atomic mass is 16.7. The summed E-state index contributed by atoms with van der Waals surface area (Å²) in [6.45, 7) is 0.311. The average Bonchev–Trinajstić information content (AvgIpc) is 2.91. The fourth-order valence-electron chi connectivity index (χ4n) is 3.82. The van der Waals surface area contributed by atoms with Crippen molar-refractivity contribution in [2.75, 3.05) is 12.4 Å². The van der Waals surface area contributed by atoms with Crippen LogP contribution in [0.5, 0.6) is 5.75 Å². The van der Waals surface area contributed by atoms with Gasteiger partial charge < -0.3 is 25.2 Å². The second-order valence-corrected chi connectivity index (χ2v) is 7.90. The number of carbonyl (C=O) groups is 3. The van der Waals surface area contributed by atoms with Crippen LogP contribution in [0.4, 0.5) is 16.2 Å². The maximum atomic E-state index is 12.9. The van der Waals surface area contributed by atoms with Gasteiger partial charge in [-0.2, -0.15) is 5.26 Å². The summed E-state index contributed by atoms with van der Waals surface area (Å²) in [5.41, 5.74) is 2.73. The van der Waals surface area contributed by atoms with Gasteiger partial charge in [0, 0.05) is 17.8 Å². The van der Waals surface area contributed by atoms with Gasteiger partial charge in [0.1, 0.15) is 5.56 Å². The molecule has 0 saturated carbocycles. The number of amides is 1. The number of nitrogens with one attached hydrogen (secondary N) is 2. The van der Waals surface area contributed by atoms with Crippen LogP contribution in [0.2, 0.25) is 0 Å². The van der Waals surface area contributed by atoms with Crippen LogP contribution in [0.3, 0.4) is 0 Å². The van der Waals surface area contributed by atoms with Crippen LogP contribution >= 0.6 is 0 Å². The number of nitriles is 1. The lowest BCUT2D eigenvalue weighted by Crippen LogP contribution is -2.23. The Morgan fingerprint density at radius 2 is 1.73 bits per heavy atom. The third-order valence-electron chi connectivity index (χ3n) is 5.55. The Morgan fingerprint density at radius 3 is 2.43 bits per heavy atom. The summed E-state index contributed by atoms with van der Waals surface area (Å²) < 4.78 is 9.55. The van der Waals surface area contributed by atoms with Gasteiger partial charge in [0.15, 0.2) is 5.75 Å². The lowest BCUT2D eigenvalue weighted by atomic mass is 10.0. The minimum atomic E-state index is -1.56. The molecule has 0 saturated heterocycles. The van der Waals surface area contributed by atoms with Crippen LogP contribution in [0.25, 0.3) is 10.8 Å². The Morgan fingerprint density at radius 1 is 0.973 bits per heavy atom. The maximum absolute atomic E-state index is 12.9. The second kappa shape index (κ2) is 10.9. The molecule has 0 aliphatic carbocycles. The molecular formula is C28H21N3O6. The van der Waals surface area contributed by atoms with Crippen molar-refractivity contribution in [3.05, 3.63) is 101 Å². The molecule has 184 valence electrons. The quantitative estimate of drug-likeness (QED) is 0.234. The van der Waals surface area contributed by atoms with Gasteiger partial charge in [0.2, 0.25) is 0 Å². The Balaban J connectivity index is 1.58. The van der Waals surface area contributed by atoms with E-state index >= 15 is 0 Å². The first-order valence-corrected chi connectivity index (χ1v) is 11.1. The number of anilines is 2. The van der Waals surface area contributed by atoms with E-state index in [2.05, 4.69) is 16.7 Å². The predicted molar refractivity (Wildman–Crippen MR) is 136 cm³/mol. The van der Waals surface area contributed by atoms with E-state index in [9.17, 15) is 14.4 Å². The maximum Gasteiger partial charge on any atom is 0.511 e. The normalized spacial score (nSPS) is 10.3. The highest BCUT2D eigenvalue weighted by Crippen LogP contribution is 2.31. The summed E-state index contributed by atoms with van der Waals surface area (Å²) in [6.07, 6.45) is -1.56. The van der Waals surface area contributed by atoms with E-state index in [0.717, 1.165) is 16.3 Å². The SMILES string of the molecule is COC(=O)c1c(Nc2ccc3c(C(=O)NCc4ccc(C#N)cc4)cccc3c2)cccc1OC(=O)O. The van der Waals surface area contributed by atoms with Crippen molar-refractivity contribution >= 4 is 40.2 Å². The van der Waals surface area contributed by atoms with Crippen molar-refractivity contribution < 1.29 is 29.0 Å². The summed E-state index contributed by atoms with van der Waals surface area (Å²) in [5.74, 6) is -1.17. The number of carbonyl (C=O) groups excluding carboxylic acids is 2. The Hall–Kier alpha value is -5.36. The number of benzene rings is 4. The van der Waals surface area contributed by atoms with Crippen LogP contribution in [0.1, 0.15) is 31.8 Å². The molecule has 0 aliphatic heterocycles. The Bertz CT molecular complexity index is 1540. The van der Waals surface area contributed by atoms with Crippen LogP contribution in [0, 0.1) is 11.3 Å². The van der Waals surface area contributed by atoms with Crippen LogP contribution in [-0.4, -0.2) is 30.2 Å². The Kier molecular flexibility index (Phi) is 7.31. The number of carboxylic acid groups (broad SMARTS) is 1. The van der Waals surface area contributed by atoms with Crippen molar-refractivity contribution in [2.24, 2.45) is 0 Å². The standard InChI is InChI=1S/C28H21N3O6/c1-36-27(33)25-23(6-3-7-24(25)37-28(34)35)31-20-12-13-21-19(14-20)4-2-5-22(21)26(32)30-16-18-10-8-17(15-29)9-11-18/h2-14,31H,16H2,1H3,(H,30,32)(H,34,35). The monoisotopic (exact) mass is 495 g/mol. The third-order valence-corrected chi connectivity index (χ3v) is 5.55. The molecule has 1 amide bonds. The molecule has 4 rings (SSSR count). The Labute approximate surface area is 211 Å². The van der Waals surface area contributed by atoms with Gasteiger partial charge in [-0.15, -0.1) is 0 Å². The summed E-state index contributed by atoms with van der Waals surface area (Å²) in [7, 11) is 1.19. The van der Waals surface area contributed by atoms with E-state index in [1.165, 1.54) is 13.2 Å². The number of hydrogen-bond acceptors (Lipinski definition) is 7. The zero-order valence-corrected chi connectivity index (χ0v) is 19.6. The topological polar surface area (TPSA) is 138 Å². The van der Waals surface area contributed by atoms with E-state index in [4.69, 9.17) is 19.8 Å². The fraction of sp³-hybridized carbons (Fsp3) is 0.0714. The van der Waals surface area contributed by atoms with Gasteiger partial charge >= 0.3 is 12.1 Å². The summed E-state index contributed by atoms with van der Waals surface area (Å²) in [4.78, 5) is 36.3. The average molecular weight is 495 g/mol. The highest BCUT2D eigenvalue weighted by molar-refractivity contribution is 6.08. The molecule has 0 bridgehead atoms. The first-order chi connectivity index (χ1) is 17.9. The van der Waals surface area contributed by atoms with E-state index < -0.39 is 12.1 Å². The van der Waals surface area contributed by atoms with Crippen molar-refractivity contribution in [3.8, 4) is 11.8 Å². The molecule has 9 nitrogen and oxygen atoms in total. The first-order valence-electron chi connectivity index (χ1n) is 11.1. The zero-order valence-electron chi connectivity index (χ0n) is 19.6. The van der Waals surface area contributed by atoms with Gasteiger partial charge in [-0.05, 0) is 58.8 Å².